The van der Waals surface area contributed by atoms with Crippen LogP contribution >= 0.6 is 0 Å². The molecule has 31 heavy (non-hydrogen) atoms. The van der Waals surface area contributed by atoms with E-state index >= 15 is 0 Å². The fraction of sp³-hybridized carbons (Fsp3) is 0.400. The first-order valence-electron chi connectivity index (χ1n) is 9.01. The summed E-state index contributed by atoms with van der Waals surface area (Å²) in [5.41, 5.74) is 0.781. The van der Waals surface area contributed by atoms with E-state index in [2.05, 4.69) is 4.74 Å². The third-order valence-corrected chi connectivity index (χ3v) is 4.27. The highest BCUT2D eigenvalue weighted by molar-refractivity contribution is 5.50. The molecule has 1 unspecified atom stereocenters. The zero-order valence-corrected chi connectivity index (χ0v) is 16.2. The van der Waals surface area contributed by atoms with Gasteiger partial charge in [0.15, 0.2) is 6.10 Å². The third kappa shape index (κ3) is 7.00. The van der Waals surface area contributed by atoms with Crippen molar-refractivity contribution in [3.05, 3.63) is 59.7 Å². The van der Waals surface area contributed by atoms with E-state index in [1.54, 1.807) is 6.07 Å². The van der Waals surface area contributed by atoms with E-state index in [9.17, 15) is 40.9 Å². The monoisotopic (exact) mass is 455 g/mol. The second kappa shape index (κ2) is 9.73. The second-order valence-electron chi connectivity index (χ2n) is 6.82. The fourth-order valence-electron chi connectivity index (χ4n) is 2.68. The number of ether oxygens (including phenoxy) is 1. The number of halogens is 7. The zero-order chi connectivity index (χ0) is 23.4. The van der Waals surface area contributed by atoms with Gasteiger partial charge in [-0.05, 0) is 42.3 Å². The number of aliphatic hydroxyl groups is 2. The van der Waals surface area contributed by atoms with Gasteiger partial charge in [0, 0.05) is 12.2 Å². The predicted molar refractivity (Wildman–Crippen MR) is 98.2 cm³/mol. The molecule has 0 aliphatic heterocycles. The molecule has 0 aliphatic rings. The number of nitrogens with zero attached hydrogens (tertiary/aromatic N) is 1. The molecule has 2 atom stereocenters. The Morgan fingerprint density at radius 3 is 2.19 bits per heavy atom. The van der Waals surface area contributed by atoms with Crippen LogP contribution < -0.4 is 9.64 Å². The first-order chi connectivity index (χ1) is 14.3. The zero-order valence-electron chi connectivity index (χ0n) is 16.2. The highest BCUT2D eigenvalue weighted by atomic mass is 19.4. The fourth-order valence-corrected chi connectivity index (χ4v) is 2.68. The van der Waals surface area contributed by atoms with Crippen molar-refractivity contribution in [2.24, 2.45) is 0 Å². The molecule has 2 rings (SSSR count). The number of hydrogen-bond acceptors (Lipinski definition) is 4. The number of hydrogen-bond donors (Lipinski definition) is 2. The largest absolute Gasteiger partial charge is 0.461 e. The van der Waals surface area contributed by atoms with Gasteiger partial charge in [0.05, 0.1) is 12.6 Å². The molecule has 2 aromatic rings. The van der Waals surface area contributed by atoms with Gasteiger partial charge in [0.2, 0.25) is 0 Å². The highest BCUT2D eigenvalue weighted by Gasteiger charge is 2.44. The molecule has 0 aliphatic carbocycles. The SMILES string of the molecule is CC(O)c1cccc(N(Cc2cccc(OC(F)(F)C(F)F)c2)C[C@H](O)C(F)(F)F)c1. The minimum atomic E-state index is -4.91. The quantitative estimate of drug-likeness (QED) is 0.528. The topological polar surface area (TPSA) is 52.9 Å². The minimum absolute atomic E-state index is 0.166. The van der Waals surface area contributed by atoms with E-state index in [4.69, 9.17) is 0 Å². The van der Waals surface area contributed by atoms with Crippen LogP contribution in [0.15, 0.2) is 48.5 Å². The van der Waals surface area contributed by atoms with Gasteiger partial charge in [-0.25, -0.2) is 0 Å². The van der Waals surface area contributed by atoms with Gasteiger partial charge >= 0.3 is 18.7 Å². The van der Waals surface area contributed by atoms with Crippen molar-refractivity contribution in [1.82, 2.24) is 0 Å². The molecule has 172 valence electrons. The second-order valence-corrected chi connectivity index (χ2v) is 6.82. The van der Waals surface area contributed by atoms with Crippen LogP contribution in [-0.2, 0) is 6.54 Å². The van der Waals surface area contributed by atoms with E-state index in [0.29, 0.717) is 5.56 Å². The van der Waals surface area contributed by atoms with Crippen LogP contribution in [0.3, 0.4) is 0 Å². The molecule has 2 N–H and O–H groups in total. The molecule has 0 radical (unpaired) electrons. The molecule has 2 aromatic carbocycles. The summed E-state index contributed by atoms with van der Waals surface area (Å²) >= 11 is 0. The Balaban J connectivity index is 2.33. The molecule has 4 nitrogen and oxygen atoms in total. The Hall–Kier alpha value is -2.53. The number of alkyl halides is 7. The summed E-state index contributed by atoms with van der Waals surface area (Å²) in [4.78, 5) is 1.12. The molecule has 0 saturated heterocycles. The summed E-state index contributed by atoms with van der Waals surface area (Å²) in [5.74, 6) is -0.600. The first kappa shape index (κ1) is 24.7. The van der Waals surface area contributed by atoms with Crippen molar-refractivity contribution in [3.63, 3.8) is 0 Å². The van der Waals surface area contributed by atoms with E-state index in [-0.39, 0.29) is 17.8 Å². The number of rotatable bonds is 9. The Bertz CT molecular complexity index is 859. The van der Waals surface area contributed by atoms with Crippen LogP contribution in [0.2, 0.25) is 0 Å². The van der Waals surface area contributed by atoms with Crippen LogP contribution in [-0.4, -0.2) is 41.6 Å². The van der Waals surface area contributed by atoms with Crippen molar-refractivity contribution in [3.8, 4) is 5.75 Å². The van der Waals surface area contributed by atoms with Gasteiger partial charge < -0.3 is 19.8 Å². The van der Waals surface area contributed by atoms with Crippen LogP contribution in [0.25, 0.3) is 0 Å². The van der Waals surface area contributed by atoms with E-state index in [1.807, 2.05) is 0 Å². The standard InChI is InChI=1S/C20H20F7NO3/c1-12(29)14-5-3-6-15(9-14)28(11-17(30)19(23,24)25)10-13-4-2-7-16(8-13)31-20(26,27)18(21)22/h2-9,12,17-18,29-30H,10-11H2,1H3/t12?,17-/m0/s1. The minimum Gasteiger partial charge on any atom is -0.428 e. The maximum Gasteiger partial charge on any atom is 0.461 e. The van der Waals surface area contributed by atoms with Gasteiger partial charge in [0.25, 0.3) is 0 Å². The molecule has 0 spiro atoms. The average molecular weight is 455 g/mol. The lowest BCUT2D eigenvalue weighted by atomic mass is 10.1. The van der Waals surface area contributed by atoms with Crippen LogP contribution in [0.5, 0.6) is 5.75 Å². The van der Waals surface area contributed by atoms with Crippen molar-refractivity contribution >= 4 is 5.69 Å². The maximum atomic E-state index is 13.2. The number of aliphatic hydroxyl groups excluding tert-OH is 2. The van der Waals surface area contributed by atoms with Gasteiger partial charge in [0.1, 0.15) is 5.75 Å². The third-order valence-electron chi connectivity index (χ3n) is 4.27. The molecule has 0 amide bonds. The number of benzene rings is 2. The van der Waals surface area contributed by atoms with Crippen LogP contribution in [0.1, 0.15) is 24.2 Å². The molecule has 11 heteroatoms. The lowest BCUT2D eigenvalue weighted by molar-refractivity contribution is -0.253. The molecule has 0 aromatic heterocycles. The summed E-state index contributed by atoms with van der Waals surface area (Å²) in [7, 11) is 0. The van der Waals surface area contributed by atoms with Gasteiger partial charge in [-0.3, -0.25) is 0 Å². The van der Waals surface area contributed by atoms with Gasteiger partial charge in [-0.15, -0.1) is 0 Å². The lowest BCUT2D eigenvalue weighted by Crippen LogP contribution is -2.41. The number of anilines is 1. The van der Waals surface area contributed by atoms with E-state index < -0.39 is 43.2 Å². The molecule has 0 heterocycles. The Morgan fingerprint density at radius 1 is 0.968 bits per heavy atom. The van der Waals surface area contributed by atoms with Crippen molar-refractivity contribution < 1.29 is 45.7 Å². The summed E-state index contributed by atoms with van der Waals surface area (Å²) < 4.78 is 93.7. The van der Waals surface area contributed by atoms with E-state index in [0.717, 1.165) is 17.0 Å². The molecular weight excluding hydrogens is 435 g/mol. The Morgan fingerprint density at radius 2 is 1.61 bits per heavy atom. The van der Waals surface area contributed by atoms with E-state index in [1.165, 1.54) is 37.3 Å². The van der Waals surface area contributed by atoms with Crippen molar-refractivity contribution in [2.45, 2.75) is 44.4 Å². The summed E-state index contributed by atoms with van der Waals surface area (Å²) in [6, 6.07) is 10.5. The lowest BCUT2D eigenvalue weighted by Gasteiger charge is -2.29. The molecule has 0 saturated carbocycles. The molecule has 0 fully saturated rings. The van der Waals surface area contributed by atoms with Gasteiger partial charge in [-0.2, -0.15) is 30.7 Å². The van der Waals surface area contributed by atoms with Crippen LogP contribution in [0.4, 0.5) is 36.4 Å². The van der Waals surface area contributed by atoms with Gasteiger partial charge in [-0.1, -0.05) is 24.3 Å². The smallest absolute Gasteiger partial charge is 0.428 e. The normalized spacial score (nSPS) is 14.4. The summed E-state index contributed by atoms with van der Waals surface area (Å²) in [6.45, 7) is 0.261. The highest BCUT2D eigenvalue weighted by Crippen LogP contribution is 2.30. The first-order valence-corrected chi connectivity index (χ1v) is 9.01. The summed E-state index contributed by atoms with van der Waals surface area (Å²) in [5, 5.41) is 19.2. The average Bonchev–Trinajstić information content (AvgIpc) is 2.66. The van der Waals surface area contributed by atoms with Crippen molar-refractivity contribution in [1.29, 1.82) is 0 Å². The Labute approximate surface area is 173 Å². The Kier molecular flexibility index (Phi) is 7.77. The molecule has 0 bridgehead atoms. The van der Waals surface area contributed by atoms with Crippen LogP contribution in [0, 0.1) is 0 Å². The van der Waals surface area contributed by atoms with Crippen molar-refractivity contribution in [2.75, 3.05) is 11.4 Å². The predicted octanol–water partition coefficient (Wildman–Crippen LogP) is 4.91. The maximum absolute atomic E-state index is 13.2. The summed E-state index contributed by atoms with van der Waals surface area (Å²) in [6.07, 6.45) is -17.4. The molecular formula is C20H20F7NO3.